The van der Waals surface area contributed by atoms with Gasteiger partial charge in [0.25, 0.3) is 0 Å². The van der Waals surface area contributed by atoms with E-state index in [0.717, 1.165) is 0 Å². The normalized spacial score (nSPS) is 29.7. The Kier molecular flexibility index (Phi) is 3.33. The molecule has 0 amide bonds. The van der Waals surface area contributed by atoms with Gasteiger partial charge in [-0.1, -0.05) is 18.2 Å². The van der Waals surface area contributed by atoms with Crippen LogP contribution in [0.1, 0.15) is 25.7 Å². The minimum atomic E-state index is 1.26. The van der Waals surface area contributed by atoms with Crippen molar-refractivity contribution in [3.05, 3.63) is 21.8 Å². The summed E-state index contributed by atoms with van der Waals surface area (Å²) in [6, 6.07) is 0. The maximum absolute atomic E-state index is 2.41. The molecular formula is C8H11I. The quantitative estimate of drug-likeness (QED) is 0.563. The van der Waals surface area contributed by atoms with Crippen molar-refractivity contribution in [2.24, 2.45) is 0 Å². The molecule has 1 aliphatic carbocycles. The van der Waals surface area contributed by atoms with Crippen molar-refractivity contribution in [1.82, 2.24) is 0 Å². The summed E-state index contributed by atoms with van der Waals surface area (Å²) in [4.78, 5) is 0. The Morgan fingerprint density at radius 1 is 1.33 bits per heavy atom. The third kappa shape index (κ3) is 3.04. The van der Waals surface area contributed by atoms with Crippen LogP contribution in [0.25, 0.3) is 0 Å². The van der Waals surface area contributed by atoms with Crippen LogP contribution >= 0.6 is 22.6 Å². The molecule has 0 N–H and O–H groups in total. The molecule has 50 valence electrons. The van der Waals surface area contributed by atoms with Crippen LogP contribution in [0.4, 0.5) is 0 Å². The molecule has 0 bridgehead atoms. The molecule has 0 fully saturated rings. The molecule has 1 heteroatoms. The molecule has 1 aliphatic rings. The van der Waals surface area contributed by atoms with E-state index in [1.807, 2.05) is 0 Å². The van der Waals surface area contributed by atoms with E-state index in [0.29, 0.717) is 0 Å². The minimum absolute atomic E-state index is 1.26. The summed E-state index contributed by atoms with van der Waals surface area (Å²) in [7, 11) is 0. The Labute approximate surface area is 70.2 Å². The van der Waals surface area contributed by atoms with Crippen molar-refractivity contribution in [1.29, 1.82) is 0 Å². The molecule has 0 radical (unpaired) electrons. The highest BCUT2D eigenvalue weighted by atomic mass is 127. The second-order valence-corrected chi connectivity index (χ2v) is 3.67. The van der Waals surface area contributed by atoms with E-state index in [9.17, 15) is 0 Å². The monoisotopic (exact) mass is 234 g/mol. The predicted molar refractivity (Wildman–Crippen MR) is 49.7 cm³/mol. The number of hydrogen-bond acceptors (Lipinski definition) is 0. The van der Waals surface area contributed by atoms with Crippen molar-refractivity contribution >= 4 is 22.6 Å². The van der Waals surface area contributed by atoms with E-state index in [-0.39, 0.29) is 0 Å². The van der Waals surface area contributed by atoms with Crippen LogP contribution in [0.5, 0.6) is 0 Å². The van der Waals surface area contributed by atoms with Gasteiger partial charge in [0.05, 0.1) is 0 Å². The highest BCUT2D eigenvalue weighted by molar-refractivity contribution is 14.1. The zero-order valence-corrected chi connectivity index (χ0v) is 7.60. The molecule has 0 aromatic rings. The summed E-state index contributed by atoms with van der Waals surface area (Å²) in [5.74, 6) is 0. The Morgan fingerprint density at radius 3 is 3.11 bits per heavy atom. The average molecular weight is 234 g/mol. The molecule has 0 saturated heterocycles. The second kappa shape index (κ2) is 4.09. The van der Waals surface area contributed by atoms with Crippen LogP contribution in [0, 0.1) is 0 Å². The van der Waals surface area contributed by atoms with Gasteiger partial charge in [-0.3, -0.25) is 0 Å². The Hall–Kier alpha value is 0.210. The van der Waals surface area contributed by atoms with Gasteiger partial charge >= 0.3 is 0 Å². The molecule has 0 spiro atoms. The third-order valence-electron chi connectivity index (χ3n) is 1.45. The summed E-state index contributed by atoms with van der Waals surface area (Å²) in [6.07, 6.45) is 11.9. The topological polar surface area (TPSA) is 0 Å². The first-order valence-electron chi connectivity index (χ1n) is 3.41. The van der Waals surface area contributed by atoms with Crippen LogP contribution in [0.15, 0.2) is 21.8 Å². The fraction of sp³-hybridized carbons (Fsp3) is 0.500. The summed E-state index contributed by atoms with van der Waals surface area (Å²) in [5, 5.41) is 0. The lowest BCUT2D eigenvalue weighted by Gasteiger charge is -1.99. The predicted octanol–water partition coefficient (Wildman–Crippen LogP) is 3.44. The maximum atomic E-state index is 2.41. The summed E-state index contributed by atoms with van der Waals surface area (Å²) in [6.45, 7) is 0. The molecule has 0 unspecified atom stereocenters. The van der Waals surface area contributed by atoms with Crippen LogP contribution in [0.3, 0.4) is 0 Å². The van der Waals surface area contributed by atoms with Crippen molar-refractivity contribution in [3.63, 3.8) is 0 Å². The van der Waals surface area contributed by atoms with Gasteiger partial charge in [0, 0.05) is 0 Å². The lowest BCUT2D eigenvalue weighted by Crippen LogP contribution is -1.78. The molecule has 0 atom stereocenters. The van der Waals surface area contributed by atoms with Crippen molar-refractivity contribution in [2.45, 2.75) is 25.7 Å². The van der Waals surface area contributed by atoms with E-state index >= 15 is 0 Å². The first kappa shape index (κ1) is 7.32. The van der Waals surface area contributed by atoms with Gasteiger partial charge < -0.3 is 0 Å². The summed E-state index contributed by atoms with van der Waals surface area (Å²) >= 11 is 2.41. The van der Waals surface area contributed by atoms with Gasteiger partial charge in [-0.2, -0.15) is 0 Å². The van der Waals surface area contributed by atoms with Crippen LogP contribution in [-0.2, 0) is 0 Å². The van der Waals surface area contributed by atoms with Crippen LogP contribution in [0.2, 0.25) is 0 Å². The molecule has 0 saturated carbocycles. The fourth-order valence-electron chi connectivity index (χ4n) is 0.908. The average Bonchev–Trinajstić information content (AvgIpc) is 1.79. The number of rotatable bonds is 0. The Balaban J connectivity index is 2.48. The van der Waals surface area contributed by atoms with Crippen molar-refractivity contribution in [2.75, 3.05) is 0 Å². The molecule has 9 heavy (non-hydrogen) atoms. The molecule has 0 nitrogen and oxygen atoms in total. The second-order valence-electron chi connectivity index (χ2n) is 2.29. The lowest BCUT2D eigenvalue weighted by atomic mass is 10.1. The van der Waals surface area contributed by atoms with Crippen LogP contribution in [-0.4, -0.2) is 0 Å². The molecular weight excluding hydrogens is 223 g/mol. The van der Waals surface area contributed by atoms with Gasteiger partial charge in [-0.25, -0.2) is 0 Å². The standard InChI is InChI=1S/C8H11I/c9-8-6-4-2-1-3-5-7-8/h2,4,6H,1,3,5,7H2/b4-2-,8-6+. The molecule has 1 rings (SSSR count). The molecule has 0 heterocycles. The largest absolute Gasteiger partial charge is 0.0845 e. The van der Waals surface area contributed by atoms with Crippen molar-refractivity contribution in [3.8, 4) is 0 Å². The zero-order chi connectivity index (χ0) is 6.53. The fourth-order valence-corrected chi connectivity index (χ4v) is 1.50. The smallest absolute Gasteiger partial charge is 0.00942 e. The molecule has 0 aromatic carbocycles. The zero-order valence-electron chi connectivity index (χ0n) is 5.44. The van der Waals surface area contributed by atoms with E-state index in [2.05, 4.69) is 40.8 Å². The SMILES string of the molecule is I/C1=C/C=C\CCCC1. The minimum Gasteiger partial charge on any atom is -0.0845 e. The Morgan fingerprint density at radius 2 is 2.22 bits per heavy atom. The first-order chi connectivity index (χ1) is 4.39. The Bertz CT molecular complexity index is 134. The van der Waals surface area contributed by atoms with Gasteiger partial charge in [0.15, 0.2) is 0 Å². The highest BCUT2D eigenvalue weighted by Crippen LogP contribution is 2.17. The summed E-state index contributed by atoms with van der Waals surface area (Å²) in [5.41, 5.74) is 0. The van der Waals surface area contributed by atoms with E-state index in [1.165, 1.54) is 29.3 Å². The maximum Gasteiger partial charge on any atom is -0.00942 e. The summed E-state index contributed by atoms with van der Waals surface area (Å²) < 4.78 is 1.49. The highest BCUT2D eigenvalue weighted by Gasteiger charge is 1.92. The van der Waals surface area contributed by atoms with E-state index in [4.69, 9.17) is 0 Å². The lowest BCUT2D eigenvalue weighted by molar-refractivity contribution is 0.756. The first-order valence-corrected chi connectivity index (χ1v) is 4.48. The van der Waals surface area contributed by atoms with Gasteiger partial charge in [-0.15, -0.1) is 0 Å². The molecule has 0 aliphatic heterocycles. The number of halogens is 1. The van der Waals surface area contributed by atoms with E-state index in [1.54, 1.807) is 0 Å². The molecule has 0 aromatic heterocycles. The van der Waals surface area contributed by atoms with Gasteiger partial charge in [0.1, 0.15) is 0 Å². The van der Waals surface area contributed by atoms with Crippen molar-refractivity contribution < 1.29 is 0 Å². The number of allylic oxidation sites excluding steroid dienone is 4. The van der Waals surface area contributed by atoms with E-state index < -0.39 is 0 Å². The number of hydrogen-bond donors (Lipinski definition) is 0. The van der Waals surface area contributed by atoms with Gasteiger partial charge in [0.2, 0.25) is 0 Å². The third-order valence-corrected chi connectivity index (χ3v) is 2.35. The van der Waals surface area contributed by atoms with Gasteiger partial charge in [-0.05, 0) is 51.9 Å². The van der Waals surface area contributed by atoms with Crippen LogP contribution < -0.4 is 0 Å².